The van der Waals surface area contributed by atoms with Crippen molar-refractivity contribution in [2.24, 2.45) is 0 Å². The second kappa shape index (κ2) is 20.0. The maximum Gasteiger partial charge on any atom is 0.338 e. The molecule has 8 heteroatoms. The largest absolute Gasteiger partial charge is 0.478 e. The summed E-state index contributed by atoms with van der Waals surface area (Å²) in [7, 11) is 0. The van der Waals surface area contributed by atoms with Gasteiger partial charge in [-0.2, -0.15) is 0 Å². The first-order valence-electron chi connectivity index (χ1n) is 7.53. The van der Waals surface area contributed by atoms with Crippen molar-refractivity contribution < 1.29 is 33.8 Å². The molecule has 0 aliphatic rings. The van der Waals surface area contributed by atoms with Gasteiger partial charge in [0.05, 0.1) is 0 Å². The van der Waals surface area contributed by atoms with Crippen molar-refractivity contribution in [2.75, 3.05) is 13.3 Å². The number of unbranched alkanes of at least 4 members (excludes halogenated alkanes) is 1. The Hall–Kier alpha value is -3.00. The molecule has 0 fully saturated rings. The van der Waals surface area contributed by atoms with Crippen molar-refractivity contribution >= 4 is 23.8 Å². The molecule has 0 spiro atoms. The van der Waals surface area contributed by atoms with E-state index in [1.165, 1.54) is 13.0 Å². The lowest BCUT2D eigenvalue weighted by Crippen LogP contribution is -2.23. The molecule has 0 radical (unpaired) electrons. The molecule has 0 aliphatic heterocycles. The van der Waals surface area contributed by atoms with E-state index in [2.05, 4.69) is 43.3 Å². The van der Waals surface area contributed by atoms with Crippen LogP contribution in [0.2, 0.25) is 0 Å². The molecule has 0 unspecified atom stereocenters. The summed E-state index contributed by atoms with van der Waals surface area (Å²) >= 11 is 0. The minimum Gasteiger partial charge on any atom is -0.478 e. The SMILES string of the molecule is C=C(C)C(=O)O.C=CC(=O)NCOCCCC.C=CC(=O)OC(=O)C=C. The Labute approximate surface area is 153 Å². The van der Waals surface area contributed by atoms with Crippen molar-refractivity contribution in [1.82, 2.24) is 5.32 Å². The first kappa shape index (κ1) is 27.8. The standard InChI is InChI=1S/C8H15NO2.C6H6O3.C4H6O2/c1-3-5-6-11-7-9-8(10)4-2;1-3-5(7)9-6(8)4-2;1-3(2)4(5)6/h4H,2-3,5-7H2,1H3,(H,9,10);3-4H,1-2H2;1H2,2H3,(H,5,6). The van der Waals surface area contributed by atoms with Crippen molar-refractivity contribution in [2.45, 2.75) is 26.7 Å². The van der Waals surface area contributed by atoms with Crippen molar-refractivity contribution in [3.8, 4) is 0 Å². The number of carbonyl (C=O) groups is 4. The predicted octanol–water partition coefficient (Wildman–Crippen LogP) is 2.14. The zero-order chi connectivity index (χ0) is 21.0. The Balaban J connectivity index is -0.000000319. The van der Waals surface area contributed by atoms with Crippen LogP contribution in [0.5, 0.6) is 0 Å². The molecule has 2 N–H and O–H groups in total. The molecule has 0 atom stereocenters. The van der Waals surface area contributed by atoms with Crippen LogP contribution in [0.3, 0.4) is 0 Å². The number of ether oxygens (including phenoxy) is 2. The maximum absolute atomic E-state index is 10.5. The molecular formula is C18H27NO7. The molecule has 0 saturated carbocycles. The van der Waals surface area contributed by atoms with E-state index in [9.17, 15) is 19.2 Å². The van der Waals surface area contributed by atoms with Gasteiger partial charge in [-0.3, -0.25) is 4.79 Å². The summed E-state index contributed by atoms with van der Waals surface area (Å²) in [4.78, 5) is 40.5. The number of amides is 1. The van der Waals surface area contributed by atoms with Crippen LogP contribution >= 0.6 is 0 Å². The van der Waals surface area contributed by atoms with Crippen LogP contribution in [0.4, 0.5) is 0 Å². The third-order valence-electron chi connectivity index (χ3n) is 2.08. The molecule has 0 heterocycles. The van der Waals surface area contributed by atoms with Crippen LogP contribution in [0.15, 0.2) is 50.1 Å². The predicted molar refractivity (Wildman–Crippen MR) is 98.0 cm³/mol. The monoisotopic (exact) mass is 369 g/mol. The molecule has 0 bridgehead atoms. The lowest BCUT2D eigenvalue weighted by Gasteiger charge is -2.02. The second-order valence-corrected chi connectivity index (χ2v) is 4.39. The van der Waals surface area contributed by atoms with Gasteiger partial charge in [0.25, 0.3) is 0 Å². The topological polar surface area (TPSA) is 119 Å². The zero-order valence-corrected chi connectivity index (χ0v) is 15.3. The van der Waals surface area contributed by atoms with Crippen molar-refractivity contribution in [3.05, 3.63) is 50.1 Å². The molecule has 146 valence electrons. The molecule has 0 aromatic carbocycles. The van der Waals surface area contributed by atoms with Gasteiger partial charge in [-0.05, 0) is 19.4 Å². The highest BCUT2D eigenvalue weighted by Crippen LogP contribution is 1.85. The van der Waals surface area contributed by atoms with E-state index in [1.54, 1.807) is 0 Å². The van der Waals surface area contributed by atoms with Gasteiger partial charge in [-0.25, -0.2) is 14.4 Å². The van der Waals surface area contributed by atoms with Gasteiger partial charge in [-0.15, -0.1) is 0 Å². The van der Waals surface area contributed by atoms with E-state index in [0.717, 1.165) is 25.0 Å². The Bertz CT molecular complexity index is 480. The van der Waals surface area contributed by atoms with Crippen LogP contribution in [0.25, 0.3) is 0 Å². The highest BCUT2D eigenvalue weighted by atomic mass is 16.6. The average Bonchev–Trinajstić information content (AvgIpc) is 2.61. The van der Waals surface area contributed by atoms with Gasteiger partial charge in [0.2, 0.25) is 5.91 Å². The fourth-order valence-corrected chi connectivity index (χ4v) is 0.695. The third kappa shape index (κ3) is 25.9. The number of carboxylic acids is 1. The number of aliphatic carboxylic acids is 1. The van der Waals surface area contributed by atoms with E-state index in [0.29, 0.717) is 6.61 Å². The fraction of sp³-hybridized carbons (Fsp3) is 0.333. The number of carboxylic acid groups (broad SMARTS) is 1. The number of esters is 2. The minimum absolute atomic E-state index is 0.176. The van der Waals surface area contributed by atoms with Crippen LogP contribution < -0.4 is 5.32 Å². The molecule has 0 saturated heterocycles. The van der Waals surface area contributed by atoms with Gasteiger partial charge in [0, 0.05) is 24.3 Å². The van der Waals surface area contributed by atoms with E-state index < -0.39 is 17.9 Å². The summed E-state index contributed by atoms with van der Waals surface area (Å²) in [5.74, 6) is -2.66. The summed E-state index contributed by atoms with van der Waals surface area (Å²) in [5, 5.41) is 10.4. The quantitative estimate of drug-likeness (QED) is 0.210. The highest BCUT2D eigenvalue weighted by molar-refractivity contribution is 5.95. The molecule has 0 aromatic rings. The van der Waals surface area contributed by atoms with Crippen molar-refractivity contribution in [3.63, 3.8) is 0 Å². The Kier molecular flexibility index (Phi) is 21.5. The molecule has 8 nitrogen and oxygen atoms in total. The lowest BCUT2D eigenvalue weighted by atomic mass is 10.4. The van der Waals surface area contributed by atoms with E-state index >= 15 is 0 Å². The molecule has 0 rings (SSSR count). The van der Waals surface area contributed by atoms with Gasteiger partial charge in [0.15, 0.2) is 0 Å². The summed E-state index contributed by atoms with van der Waals surface area (Å²) in [6.07, 6.45) is 5.17. The van der Waals surface area contributed by atoms with E-state index in [1.807, 2.05) is 0 Å². The van der Waals surface area contributed by atoms with E-state index in [4.69, 9.17) is 9.84 Å². The van der Waals surface area contributed by atoms with Gasteiger partial charge < -0.3 is 19.9 Å². The van der Waals surface area contributed by atoms with E-state index in [-0.39, 0.29) is 18.2 Å². The summed E-state index contributed by atoms with van der Waals surface area (Å²) in [6, 6.07) is 0. The molecule has 0 aliphatic carbocycles. The van der Waals surface area contributed by atoms with Crippen LogP contribution in [0, 0.1) is 0 Å². The number of hydrogen-bond donors (Lipinski definition) is 2. The number of hydrogen-bond acceptors (Lipinski definition) is 6. The number of rotatable bonds is 9. The first-order chi connectivity index (χ1) is 12.2. The zero-order valence-electron chi connectivity index (χ0n) is 15.3. The summed E-state index contributed by atoms with van der Waals surface area (Å²) in [5.41, 5.74) is 0.176. The van der Waals surface area contributed by atoms with Crippen LogP contribution in [0.1, 0.15) is 26.7 Å². The average molecular weight is 369 g/mol. The molecular weight excluding hydrogens is 342 g/mol. The van der Waals surface area contributed by atoms with Crippen molar-refractivity contribution in [1.29, 1.82) is 0 Å². The minimum atomic E-state index is -0.935. The Morgan fingerprint density at radius 2 is 1.50 bits per heavy atom. The molecule has 0 aromatic heterocycles. The first-order valence-corrected chi connectivity index (χ1v) is 7.53. The third-order valence-corrected chi connectivity index (χ3v) is 2.08. The van der Waals surface area contributed by atoms with Crippen LogP contribution in [-0.2, 0) is 28.7 Å². The van der Waals surface area contributed by atoms with Gasteiger partial charge in [0.1, 0.15) is 6.73 Å². The maximum atomic E-state index is 10.5. The molecule has 26 heavy (non-hydrogen) atoms. The fourth-order valence-electron chi connectivity index (χ4n) is 0.695. The lowest BCUT2D eigenvalue weighted by molar-refractivity contribution is -0.152. The highest BCUT2D eigenvalue weighted by Gasteiger charge is 1.99. The number of carbonyl (C=O) groups excluding carboxylic acids is 3. The Morgan fingerprint density at radius 3 is 1.81 bits per heavy atom. The van der Waals surface area contributed by atoms with Gasteiger partial charge in [-0.1, -0.05) is 39.7 Å². The van der Waals surface area contributed by atoms with Crippen LogP contribution in [-0.4, -0.2) is 42.3 Å². The Morgan fingerprint density at radius 1 is 1.04 bits per heavy atom. The molecule has 1 amide bonds. The second-order valence-electron chi connectivity index (χ2n) is 4.39. The van der Waals surface area contributed by atoms with Gasteiger partial charge >= 0.3 is 17.9 Å². The summed E-state index contributed by atoms with van der Waals surface area (Å²) in [6.45, 7) is 17.2. The normalized spacial score (nSPS) is 8.23. The summed E-state index contributed by atoms with van der Waals surface area (Å²) < 4.78 is 9.10. The number of nitrogens with one attached hydrogen (secondary N) is 1. The smallest absolute Gasteiger partial charge is 0.338 e.